The summed E-state index contributed by atoms with van der Waals surface area (Å²) < 4.78 is 5.17. The summed E-state index contributed by atoms with van der Waals surface area (Å²) in [5, 5.41) is 5.78. The molecule has 2 aromatic heterocycles. The van der Waals surface area contributed by atoms with Crippen LogP contribution in [0.15, 0.2) is 40.5 Å². The molecule has 6 nitrogen and oxygen atoms in total. The molecule has 1 aromatic carbocycles. The lowest BCUT2D eigenvalue weighted by Crippen LogP contribution is -2.31. The first-order chi connectivity index (χ1) is 13.6. The van der Waals surface area contributed by atoms with Gasteiger partial charge in [0.2, 0.25) is 0 Å². The van der Waals surface area contributed by atoms with Crippen LogP contribution in [0.3, 0.4) is 0 Å². The topological polar surface area (TPSA) is 84.1 Å². The summed E-state index contributed by atoms with van der Waals surface area (Å²) in [6.07, 6.45) is 3.44. The number of hydrogen-bond donors (Lipinski definition) is 2. The fourth-order valence-electron chi connectivity index (χ4n) is 3.38. The third-order valence-corrected chi connectivity index (χ3v) is 5.80. The highest BCUT2D eigenvalue weighted by Gasteiger charge is 2.18. The first kappa shape index (κ1) is 18.4. The second kappa shape index (κ2) is 7.98. The zero-order chi connectivity index (χ0) is 19.5. The van der Waals surface area contributed by atoms with Crippen molar-refractivity contribution in [3.63, 3.8) is 0 Å². The summed E-state index contributed by atoms with van der Waals surface area (Å²) in [4.78, 5) is 32.0. The summed E-state index contributed by atoms with van der Waals surface area (Å²) in [7, 11) is 1.64. The number of amides is 1. The van der Waals surface area contributed by atoms with Gasteiger partial charge in [0.1, 0.15) is 11.3 Å². The monoisotopic (exact) mass is 395 g/mol. The molecule has 0 saturated heterocycles. The first-order valence-electron chi connectivity index (χ1n) is 9.26. The van der Waals surface area contributed by atoms with Crippen LogP contribution in [0.1, 0.15) is 33.0 Å². The van der Waals surface area contributed by atoms with Gasteiger partial charge in [-0.1, -0.05) is 0 Å². The van der Waals surface area contributed by atoms with E-state index < -0.39 is 0 Å². The molecule has 1 aliphatic rings. The van der Waals surface area contributed by atoms with Crippen LogP contribution in [0, 0.1) is 0 Å². The number of thiazole rings is 1. The number of carbonyl (C=O) groups is 1. The Labute approximate surface area is 166 Å². The highest BCUT2D eigenvalue weighted by Crippen LogP contribution is 2.24. The van der Waals surface area contributed by atoms with Gasteiger partial charge < -0.3 is 15.0 Å². The Bertz CT molecular complexity index is 1050. The SMILES string of the molecule is COc1ccc(-c2csc(CCNC(=O)c3cc4c([nH]c3=O)CCC4)n2)cc1. The Morgan fingerprint density at radius 3 is 2.89 bits per heavy atom. The maximum atomic E-state index is 12.4. The average Bonchev–Trinajstić information content (AvgIpc) is 3.36. The van der Waals surface area contributed by atoms with Crippen LogP contribution < -0.4 is 15.6 Å². The quantitative estimate of drug-likeness (QED) is 0.672. The van der Waals surface area contributed by atoms with Crippen LogP contribution in [0.25, 0.3) is 11.3 Å². The van der Waals surface area contributed by atoms with E-state index in [4.69, 9.17) is 4.74 Å². The van der Waals surface area contributed by atoms with Crippen molar-refractivity contribution in [1.82, 2.24) is 15.3 Å². The molecule has 0 spiro atoms. The molecule has 1 amide bonds. The fourth-order valence-corrected chi connectivity index (χ4v) is 4.19. The second-order valence-electron chi connectivity index (χ2n) is 6.73. The number of aromatic nitrogens is 2. The fraction of sp³-hybridized carbons (Fsp3) is 0.286. The number of nitrogens with one attached hydrogen (secondary N) is 2. The third-order valence-electron chi connectivity index (χ3n) is 4.89. The molecule has 0 atom stereocenters. The number of benzene rings is 1. The lowest BCUT2D eigenvalue weighted by molar-refractivity contribution is 0.0952. The van der Waals surface area contributed by atoms with Crippen LogP contribution in [0.2, 0.25) is 0 Å². The normalized spacial score (nSPS) is 12.6. The van der Waals surface area contributed by atoms with Gasteiger partial charge in [0, 0.05) is 29.6 Å². The van der Waals surface area contributed by atoms with Gasteiger partial charge in [-0.25, -0.2) is 4.98 Å². The second-order valence-corrected chi connectivity index (χ2v) is 7.67. The molecule has 0 radical (unpaired) electrons. The Hall–Kier alpha value is -2.93. The van der Waals surface area contributed by atoms with Crippen molar-refractivity contribution in [2.75, 3.05) is 13.7 Å². The minimum atomic E-state index is -0.331. The van der Waals surface area contributed by atoms with E-state index in [9.17, 15) is 9.59 Å². The molecule has 0 fully saturated rings. The molecule has 2 N–H and O–H groups in total. The van der Waals surface area contributed by atoms with Gasteiger partial charge in [0.25, 0.3) is 11.5 Å². The number of hydrogen-bond acceptors (Lipinski definition) is 5. The van der Waals surface area contributed by atoms with Gasteiger partial charge in [-0.05, 0) is 55.2 Å². The number of ether oxygens (including phenoxy) is 1. The van der Waals surface area contributed by atoms with E-state index in [2.05, 4.69) is 15.3 Å². The van der Waals surface area contributed by atoms with Gasteiger partial charge in [0.05, 0.1) is 17.8 Å². The Morgan fingerprint density at radius 2 is 2.11 bits per heavy atom. The molecule has 3 aromatic rings. The van der Waals surface area contributed by atoms with Gasteiger partial charge >= 0.3 is 0 Å². The van der Waals surface area contributed by atoms with E-state index in [0.29, 0.717) is 13.0 Å². The number of methoxy groups -OCH3 is 1. The van der Waals surface area contributed by atoms with Gasteiger partial charge in [-0.15, -0.1) is 11.3 Å². The van der Waals surface area contributed by atoms with E-state index in [1.165, 1.54) is 0 Å². The minimum Gasteiger partial charge on any atom is -0.497 e. The molecular formula is C21H21N3O3S. The number of fused-ring (bicyclic) bond motifs is 1. The van der Waals surface area contributed by atoms with Gasteiger partial charge in [-0.3, -0.25) is 9.59 Å². The Kier molecular flexibility index (Phi) is 5.25. The number of carbonyl (C=O) groups excluding carboxylic acids is 1. The van der Waals surface area contributed by atoms with Crippen LogP contribution in [0.4, 0.5) is 0 Å². The van der Waals surface area contributed by atoms with Crippen LogP contribution >= 0.6 is 11.3 Å². The molecule has 0 unspecified atom stereocenters. The molecule has 0 bridgehead atoms. The summed E-state index contributed by atoms with van der Waals surface area (Å²) >= 11 is 1.56. The lowest BCUT2D eigenvalue weighted by atomic mass is 10.1. The van der Waals surface area contributed by atoms with E-state index in [1.807, 2.05) is 29.6 Å². The van der Waals surface area contributed by atoms with Crippen LogP contribution in [-0.2, 0) is 19.3 Å². The van der Waals surface area contributed by atoms with Crippen LogP contribution in [0.5, 0.6) is 5.75 Å². The zero-order valence-corrected chi connectivity index (χ0v) is 16.4. The first-order valence-corrected chi connectivity index (χ1v) is 10.1. The van der Waals surface area contributed by atoms with Crippen molar-refractivity contribution in [1.29, 1.82) is 0 Å². The molecular weight excluding hydrogens is 374 g/mol. The highest BCUT2D eigenvalue weighted by atomic mass is 32.1. The van der Waals surface area contributed by atoms with E-state index in [0.717, 1.165) is 52.5 Å². The summed E-state index contributed by atoms with van der Waals surface area (Å²) in [6.45, 7) is 0.435. The standard InChI is InChI=1S/C21H21N3O3S/c1-27-15-7-5-13(6-8-15)18-12-28-19(23-18)9-10-22-20(25)16-11-14-3-2-4-17(14)24-21(16)26/h5-8,11-12H,2-4,9-10H2,1H3,(H,22,25)(H,24,26). The number of aryl methyl sites for hydroxylation is 2. The van der Waals surface area contributed by atoms with Crippen molar-refractivity contribution >= 4 is 17.2 Å². The number of aromatic amines is 1. The summed E-state index contributed by atoms with van der Waals surface area (Å²) in [5.74, 6) is 0.478. The average molecular weight is 395 g/mol. The van der Waals surface area contributed by atoms with Crippen LogP contribution in [-0.4, -0.2) is 29.5 Å². The maximum absolute atomic E-state index is 12.4. The summed E-state index contributed by atoms with van der Waals surface area (Å²) in [6, 6.07) is 9.49. The number of rotatable bonds is 6. The number of nitrogens with zero attached hydrogens (tertiary/aromatic N) is 1. The Balaban J connectivity index is 1.36. The molecule has 144 valence electrons. The molecule has 4 rings (SSSR count). The predicted molar refractivity (Wildman–Crippen MR) is 109 cm³/mol. The molecule has 0 aliphatic heterocycles. The zero-order valence-electron chi connectivity index (χ0n) is 15.6. The van der Waals surface area contributed by atoms with Crippen molar-refractivity contribution < 1.29 is 9.53 Å². The molecule has 0 saturated carbocycles. The number of H-pyrrole nitrogens is 1. The molecule has 2 heterocycles. The molecule has 7 heteroatoms. The molecule has 28 heavy (non-hydrogen) atoms. The van der Waals surface area contributed by atoms with Gasteiger partial charge in [-0.2, -0.15) is 0 Å². The minimum absolute atomic E-state index is 0.193. The molecule has 1 aliphatic carbocycles. The summed E-state index contributed by atoms with van der Waals surface area (Å²) in [5.41, 5.74) is 3.86. The van der Waals surface area contributed by atoms with E-state index in [-0.39, 0.29) is 17.0 Å². The third kappa shape index (κ3) is 3.84. The number of pyridine rings is 1. The van der Waals surface area contributed by atoms with E-state index in [1.54, 1.807) is 24.5 Å². The van der Waals surface area contributed by atoms with Gasteiger partial charge in [0.15, 0.2) is 0 Å². The predicted octanol–water partition coefficient (Wildman–Crippen LogP) is 2.97. The van der Waals surface area contributed by atoms with Crippen molar-refractivity contribution in [3.05, 3.63) is 67.9 Å². The van der Waals surface area contributed by atoms with Crippen molar-refractivity contribution in [2.24, 2.45) is 0 Å². The smallest absolute Gasteiger partial charge is 0.261 e. The van der Waals surface area contributed by atoms with Crippen molar-refractivity contribution in [2.45, 2.75) is 25.7 Å². The van der Waals surface area contributed by atoms with E-state index >= 15 is 0 Å². The lowest BCUT2D eigenvalue weighted by Gasteiger charge is -2.06. The van der Waals surface area contributed by atoms with Crippen molar-refractivity contribution in [3.8, 4) is 17.0 Å². The maximum Gasteiger partial charge on any atom is 0.261 e. The Morgan fingerprint density at radius 1 is 1.29 bits per heavy atom. The largest absolute Gasteiger partial charge is 0.497 e. The highest BCUT2D eigenvalue weighted by molar-refractivity contribution is 7.09.